The molecule has 0 saturated heterocycles. The molecule has 0 bridgehead atoms. The normalized spacial score (nSPS) is 28.2. The third-order valence-corrected chi connectivity index (χ3v) is 11.8. The van der Waals surface area contributed by atoms with Gasteiger partial charge in [-0.15, -0.1) is 0 Å². The Morgan fingerprint density at radius 2 is 1.73 bits per heavy atom. The zero-order chi connectivity index (χ0) is 21.9. The summed E-state index contributed by atoms with van der Waals surface area (Å²) in [6.07, 6.45) is 8.16. The highest BCUT2D eigenvalue weighted by atomic mass is 79.9. The molecule has 1 fully saturated rings. The van der Waals surface area contributed by atoms with Crippen LogP contribution in [-0.4, -0.2) is 30.6 Å². The maximum absolute atomic E-state index is 12.9. The van der Waals surface area contributed by atoms with E-state index in [1.807, 2.05) is 12.2 Å². The average molecular weight is 629 g/mol. The van der Waals surface area contributed by atoms with Crippen LogP contribution in [0.5, 0.6) is 0 Å². The van der Waals surface area contributed by atoms with E-state index in [4.69, 9.17) is 4.74 Å². The summed E-state index contributed by atoms with van der Waals surface area (Å²) in [5.41, 5.74) is 4.56. The molecule has 162 valence electrons. The van der Waals surface area contributed by atoms with E-state index < -0.39 is 20.1 Å². The third kappa shape index (κ3) is 3.83. The molecule has 9 heteroatoms. The number of hydrogen-bond acceptors (Lipinski definition) is 3. The van der Waals surface area contributed by atoms with Crippen LogP contribution < -0.4 is 0 Å². The van der Waals surface area contributed by atoms with Crippen molar-refractivity contribution in [2.75, 3.05) is 7.11 Å². The van der Waals surface area contributed by atoms with Gasteiger partial charge in [-0.2, -0.15) is 8.78 Å². The molecule has 30 heavy (non-hydrogen) atoms. The van der Waals surface area contributed by atoms with Crippen molar-refractivity contribution < 1.29 is 21.9 Å². The molecule has 0 aromatic heterocycles. The Hall–Kier alpha value is -0.350. The van der Waals surface area contributed by atoms with Gasteiger partial charge in [-0.1, -0.05) is 50.1 Å². The van der Waals surface area contributed by atoms with E-state index in [1.54, 1.807) is 19.2 Å². The molecule has 1 spiro atoms. The maximum atomic E-state index is 12.9. The van der Waals surface area contributed by atoms with E-state index in [0.29, 0.717) is 0 Å². The largest absolute Gasteiger partial charge is 0.362 e. The summed E-state index contributed by atoms with van der Waals surface area (Å²) >= 11 is 11.0. The van der Waals surface area contributed by atoms with Crippen molar-refractivity contribution in [1.82, 2.24) is 0 Å². The highest BCUT2D eigenvalue weighted by molar-refractivity contribution is 9.15. The molecule has 0 heterocycles. The fraction of sp³-hybridized carbons (Fsp3) is 0.429. The van der Waals surface area contributed by atoms with E-state index in [-0.39, 0.29) is 15.1 Å². The summed E-state index contributed by atoms with van der Waals surface area (Å²) in [4.78, 5) is -0.483. The summed E-state index contributed by atoms with van der Waals surface area (Å²) in [7, 11) is -2.96. The van der Waals surface area contributed by atoms with Crippen LogP contribution in [0.15, 0.2) is 56.9 Å². The van der Waals surface area contributed by atoms with Gasteiger partial charge in [-0.3, -0.25) is 0 Å². The van der Waals surface area contributed by atoms with Crippen molar-refractivity contribution in [2.24, 2.45) is 5.41 Å². The molecule has 1 aromatic carbocycles. The molecule has 0 radical (unpaired) electrons. The molecule has 4 rings (SSSR count). The van der Waals surface area contributed by atoms with Crippen molar-refractivity contribution in [1.29, 1.82) is 0 Å². The fourth-order valence-electron chi connectivity index (χ4n) is 4.13. The Balaban J connectivity index is 1.76. The first-order chi connectivity index (χ1) is 14.0. The molecule has 3 aliphatic rings. The molecular weight excluding hydrogens is 610 g/mol. The van der Waals surface area contributed by atoms with Crippen molar-refractivity contribution in [3.63, 3.8) is 0 Å². The SMILES string of the molecule is COC1(Br)C=CC(C2=C(c3ccc(S(=O)(=O)C(F)F)cc3)CC3(CC3)C2)=C(Br)C1Br. The van der Waals surface area contributed by atoms with Crippen molar-refractivity contribution in [3.8, 4) is 0 Å². The van der Waals surface area contributed by atoms with E-state index in [2.05, 4.69) is 47.8 Å². The standard InChI is InChI=1S/C21H19Br3F2O3S/c1-29-21(24)7-6-14(17(22)18(21)23)16-11-20(8-9-20)10-15(16)12-2-4-13(5-3-12)30(27,28)19(25)26/h2-7,18-19H,8-11H2,1H3. The van der Waals surface area contributed by atoms with Crippen molar-refractivity contribution in [2.45, 2.75) is 45.7 Å². The highest BCUT2D eigenvalue weighted by Crippen LogP contribution is 2.63. The second-order valence-electron chi connectivity index (χ2n) is 8.00. The maximum Gasteiger partial charge on any atom is 0.341 e. The van der Waals surface area contributed by atoms with Crippen molar-refractivity contribution in [3.05, 3.63) is 57.6 Å². The van der Waals surface area contributed by atoms with Crippen molar-refractivity contribution >= 4 is 63.2 Å². The van der Waals surface area contributed by atoms with Crippen LogP contribution in [0.1, 0.15) is 31.2 Å². The number of ether oxygens (including phenoxy) is 1. The smallest absolute Gasteiger partial charge is 0.341 e. The lowest BCUT2D eigenvalue weighted by Crippen LogP contribution is -2.34. The predicted molar refractivity (Wildman–Crippen MR) is 124 cm³/mol. The summed E-state index contributed by atoms with van der Waals surface area (Å²) in [6, 6.07) is 5.84. The van der Waals surface area contributed by atoms with Crippen LogP contribution in [0.3, 0.4) is 0 Å². The first-order valence-electron chi connectivity index (χ1n) is 9.35. The number of halogens is 5. The molecule has 0 aliphatic heterocycles. The Morgan fingerprint density at radius 3 is 2.27 bits per heavy atom. The lowest BCUT2D eigenvalue weighted by Gasteiger charge is -2.32. The van der Waals surface area contributed by atoms with Crippen LogP contribution in [0, 0.1) is 5.41 Å². The molecule has 3 nitrogen and oxygen atoms in total. The summed E-state index contributed by atoms with van der Waals surface area (Å²) < 4.78 is 55.1. The number of benzene rings is 1. The number of hydrogen-bond donors (Lipinski definition) is 0. The van der Waals surface area contributed by atoms with Crippen LogP contribution in [-0.2, 0) is 14.6 Å². The van der Waals surface area contributed by atoms with Crippen LogP contribution in [0.25, 0.3) is 5.57 Å². The Labute approximate surface area is 199 Å². The zero-order valence-electron chi connectivity index (χ0n) is 16.0. The van der Waals surface area contributed by atoms with Gasteiger partial charge in [0.25, 0.3) is 0 Å². The van der Waals surface area contributed by atoms with Crippen LogP contribution in [0.4, 0.5) is 8.78 Å². The summed E-state index contributed by atoms with van der Waals surface area (Å²) in [6.45, 7) is 0. The molecule has 2 unspecified atom stereocenters. The van der Waals surface area contributed by atoms with Crippen LogP contribution >= 0.6 is 47.8 Å². The minimum atomic E-state index is -4.60. The van der Waals surface area contributed by atoms with E-state index in [0.717, 1.165) is 46.9 Å². The van der Waals surface area contributed by atoms with Gasteiger partial charge in [-0.25, -0.2) is 8.42 Å². The molecule has 2 atom stereocenters. The Morgan fingerprint density at radius 1 is 1.13 bits per heavy atom. The topological polar surface area (TPSA) is 43.4 Å². The minimum absolute atomic E-state index is 0.127. The second kappa shape index (κ2) is 7.90. The number of allylic oxidation sites excluding steroid dienone is 4. The van der Waals surface area contributed by atoms with Crippen LogP contribution in [0.2, 0.25) is 0 Å². The molecule has 0 amide bonds. The van der Waals surface area contributed by atoms with Gasteiger partial charge in [0, 0.05) is 11.6 Å². The van der Waals surface area contributed by atoms with Gasteiger partial charge in [0.2, 0.25) is 9.84 Å². The Kier molecular flexibility index (Phi) is 6.01. The van der Waals surface area contributed by atoms with Gasteiger partial charge in [0.1, 0.15) is 0 Å². The van der Waals surface area contributed by atoms with Gasteiger partial charge < -0.3 is 4.74 Å². The van der Waals surface area contributed by atoms with E-state index >= 15 is 0 Å². The molecular formula is C21H19Br3F2O3S. The first-order valence-corrected chi connectivity index (χ1v) is 13.4. The minimum Gasteiger partial charge on any atom is -0.362 e. The van der Waals surface area contributed by atoms with E-state index in [1.165, 1.54) is 17.7 Å². The van der Waals surface area contributed by atoms with Gasteiger partial charge in [0.15, 0.2) is 4.51 Å². The fourth-order valence-corrected chi connectivity index (χ4v) is 6.81. The molecule has 1 aromatic rings. The Bertz CT molecular complexity index is 1070. The van der Waals surface area contributed by atoms with E-state index in [9.17, 15) is 17.2 Å². The third-order valence-electron chi connectivity index (χ3n) is 6.13. The van der Waals surface area contributed by atoms with Gasteiger partial charge in [-0.05, 0) is 87.5 Å². The monoisotopic (exact) mass is 626 g/mol. The molecule has 0 N–H and O–H groups in total. The first kappa shape index (κ1) is 22.8. The lowest BCUT2D eigenvalue weighted by atomic mass is 9.92. The average Bonchev–Trinajstić information content (AvgIpc) is 3.37. The molecule has 1 saturated carbocycles. The molecule has 3 aliphatic carbocycles. The summed E-state index contributed by atoms with van der Waals surface area (Å²) in [5.74, 6) is -3.42. The predicted octanol–water partition coefficient (Wildman–Crippen LogP) is 6.73. The number of methoxy groups -OCH3 is 1. The number of rotatable bonds is 5. The lowest BCUT2D eigenvalue weighted by molar-refractivity contribution is 0.124. The number of sulfone groups is 1. The second-order valence-corrected chi connectivity index (χ2v) is 12.9. The quantitative estimate of drug-likeness (QED) is 0.340. The zero-order valence-corrected chi connectivity index (χ0v) is 21.5. The summed E-state index contributed by atoms with van der Waals surface area (Å²) in [5, 5.41) is 0. The number of alkyl halides is 4. The van der Waals surface area contributed by atoms with Gasteiger partial charge in [0.05, 0.1) is 9.72 Å². The van der Waals surface area contributed by atoms with Gasteiger partial charge >= 0.3 is 5.76 Å². The highest BCUT2D eigenvalue weighted by Gasteiger charge is 2.49.